The van der Waals surface area contributed by atoms with E-state index in [1.54, 1.807) is 0 Å². The molecular formula is C16H26N2O3. The van der Waals surface area contributed by atoms with Crippen LogP contribution in [-0.2, 0) is 14.3 Å². The predicted molar refractivity (Wildman–Crippen MR) is 78.6 cm³/mol. The molecule has 2 unspecified atom stereocenters. The van der Waals surface area contributed by atoms with E-state index in [1.165, 1.54) is 0 Å². The van der Waals surface area contributed by atoms with E-state index in [1.807, 2.05) is 11.8 Å². The van der Waals surface area contributed by atoms with E-state index >= 15 is 0 Å². The van der Waals surface area contributed by atoms with Crippen molar-refractivity contribution in [3.8, 4) is 0 Å². The highest BCUT2D eigenvalue weighted by molar-refractivity contribution is 5.82. The normalized spacial score (nSPS) is 28.4. The number of hydrogen-bond donors (Lipinski definition) is 1. The fourth-order valence-corrected chi connectivity index (χ4v) is 3.38. The number of carbonyl (C=O) groups excluding carboxylic acids is 2. The summed E-state index contributed by atoms with van der Waals surface area (Å²) in [6.45, 7) is 4.32. The Morgan fingerprint density at radius 2 is 1.81 bits per heavy atom. The average molecular weight is 294 g/mol. The van der Waals surface area contributed by atoms with E-state index in [0.717, 1.165) is 58.2 Å². The molecule has 0 aromatic rings. The van der Waals surface area contributed by atoms with Crippen molar-refractivity contribution in [1.29, 1.82) is 0 Å². The Morgan fingerprint density at radius 1 is 1.10 bits per heavy atom. The van der Waals surface area contributed by atoms with Crippen molar-refractivity contribution in [3.05, 3.63) is 0 Å². The largest absolute Gasteiger partial charge is 0.376 e. The summed E-state index contributed by atoms with van der Waals surface area (Å²) in [5.74, 6) is 0.783. The molecule has 118 valence electrons. The number of ether oxygens (including phenoxy) is 1. The van der Waals surface area contributed by atoms with Crippen LogP contribution in [0.3, 0.4) is 0 Å². The molecule has 5 nitrogen and oxygen atoms in total. The summed E-state index contributed by atoms with van der Waals surface area (Å²) in [7, 11) is 0. The van der Waals surface area contributed by atoms with E-state index in [9.17, 15) is 9.59 Å². The molecule has 0 radical (unpaired) electrons. The van der Waals surface area contributed by atoms with Gasteiger partial charge < -0.3 is 15.0 Å². The van der Waals surface area contributed by atoms with E-state index < -0.39 is 0 Å². The molecule has 0 spiro atoms. The van der Waals surface area contributed by atoms with Crippen LogP contribution in [0.15, 0.2) is 0 Å². The smallest absolute Gasteiger partial charge is 0.225 e. The molecule has 1 saturated carbocycles. The number of hydrogen-bond acceptors (Lipinski definition) is 3. The molecular weight excluding hydrogens is 268 g/mol. The summed E-state index contributed by atoms with van der Waals surface area (Å²) in [4.78, 5) is 26.3. The number of nitrogens with zero attached hydrogens (tertiary/aromatic N) is 1. The van der Waals surface area contributed by atoms with E-state index in [0.29, 0.717) is 5.91 Å². The molecule has 0 aromatic carbocycles. The molecule has 2 amide bonds. The van der Waals surface area contributed by atoms with Crippen LogP contribution in [-0.4, -0.2) is 48.6 Å². The minimum atomic E-state index is 0.0529. The van der Waals surface area contributed by atoms with Crippen molar-refractivity contribution in [2.24, 2.45) is 11.8 Å². The first-order chi connectivity index (χ1) is 10.1. The Bertz CT molecular complexity index is 394. The lowest BCUT2D eigenvalue weighted by atomic mass is 9.95. The summed E-state index contributed by atoms with van der Waals surface area (Å²) in [6.07, 6.45) is 5.99. The lowest BCUT2D eigenvalue weighted by molar-refractivity contribution is -0.137. The van der Waals surface area contributed by atoms with Gasteiger partial charge in [0.05, 0.1) is 12.1 Å². The molecule has 0 aromatic heterocycles. The molecule has 2 heterocycles. The lowest BCUT2D eigenvalue weighted by Crippen LogP contribution is -2.47. The van der Waals surface area contributed by atoms with Gasteiger partial charge in [-0.1, -0.05) is 0 Å². The van der Waals surface area contributed by atoms with Crippen LogP contribution in [0.25, 0.3) is 0 Å². The third kappa shape index (κ3) is 3.57. The van der Waals surface area contributed by atoms with Gasteiger partial charge in [0.15, 0.2) is 0 Å². The Morgan fingerprint density at radius 3 is 2.38 bits per heavy atom. The first-order valence-electron chi connectivity index (χ1n) is 8.36. The fourth-order valence-electron chi connectivity index (χ4n) is 3.38. The van der Waals surface area contributed by atoms with Crippen LogP contribution in [0.4, 0.5) is 0 Å². The van der Waals surface area contributed by atoms with Gasteiger partial charge in [0.1, 0.15) is 0 Å². The van der Waals surface area contributed by atoms with Crippen LogP contribution >= 0.6 is 0 Å². The van der Waals surface area contributed by atoms with E-state index in [-0.39, 0.29) is 29.9 Å². The molecule has 3 fully saturated rings. The molecule has 21 heavy (non-hydrogen) atoms. The monoisotopic (exact) mass is 294 g/mol. The topological polar surface area (TPSA) is 58.6 Å². The molecule has 2 aliphatic heterocycles. The Hall–Kier alpha value is -1.10. The van der Waals surface area contributed by atoms with Crippen molar-refractivity contribution >= 4 is 11.8 Å². The molecule has 1 aliphatic carbocycles. The number of carbonyl (C=O) groups is 2. The predicted octanol–water partition coefficient (Wildman–Crippen LogP) is 1.32. The van der Waals surface area contributed by atoms with Gasteiger partial charge in [-0.05, 0) is 45.4 Å². The highest BCUT2D eigenvalue weighted by atomic mass is 16.5. The van der Waals surface area contributed by atoms with Gasteiger partial charge in [-0.25, -0.2) is 0 Å². The van der Waals surface area contributed by atoms with E-state index in [4.69, 9.17) is 4.74 Å². The first kappa shape index (κ1) is 14.8. The van der Waals surface area contributed by atoms with Gasteiger partial charge >= 0.3 is 0 Å². The summed E-state index contributed by atoms with van der Waals surface area (Å²) >= 11 is 0. The maximum Gasteiger partial charge on any atom is 0.225 e. The van der Waals surface area contributed by atoms with Gasteiger partial charge in [0.25, 0.3) is 0 Å². The zero-order valence-electron chi connectivity index (χ0n) is 12.8. The number of nitrogens with one attached hydrogen (secondary N) is 1. The quantitative estimate of drug-likeness (QED) is 0.850. The fraction of sp³-hybridized carbons (Fsp3) is 0.875. The van der Waals surface area contributed by atoms with Crippen LogP contribution in [0.2, 0.25) is 0 Å². The average Bonchev–Trinajstić information content (AvgIpc) is 3.20. The van der Waals surface area contributed by atoms with Crippen molar-refractivity contribution in [1.82, 2.24) is 10.2 Å². The lowest BCUT2D eigenvalue weighted by Gasteiger charge is -2.32. The van der Waals surface area contributed by atoms with Crippen LogP contribution < -0.4 is 5.32 Å². The summed E-state index contributed by atoms with van der Waals surface area (Å²) < 4.78 is 5.62. The highest BCUT2D eigenvalue weighted by Gasteiger charge is 2.36. The maximum absolute atomic E-state index is 12.3. The number of likely N-dealkylation sites (tertiary alicyclic amines) is 1. The summed E-state index contributed by atoms with van der Waals surface area (Å²) in [5, 5.41) is 3.10. The Kier molecular flexibility index (Phi) is 4.48. The van der Waals surface area contributed by atoms with Crippen LogP contribution in [0.1, 0.15) is 45.4 Å². The van der Waals surface area contributed by atoms with Gasteiger partial charge in [-0.15, -0.1) is 0 Å². The van der Waals surface area contributed by atoms with Crippen molar-refractivity contribution in [2.45, 2.75) is 57.6 Å². The SMILES string of the molecule is CC(NC(=O)C1CCN(C(=O)C2CC2)CC1)C1CCCO1. The number of piperidine rings is 1. The molecule has 3 aliphatic rings. The second-order valence-corrected chi connectivity index (χ2v) is 6.72. The van der Waals surface area contributed by atoms with Crippen LogP contribution in [0, 0.1) is 11.8 Å². The minimum absolute atomic E-state index is 0.0529. The zero-order valence-corrected chi connectivity index (χ0v) is 12.8. The molecule has 5 heteroatoms. The van der Waals surface area contributed by atoms with Crippen LogP contribution in [0.5, 0.6) is 0 Å². The zero-order chi connectivity index (χ0) is 14.8. The number of rotatable bonds is 4. The van der Waals surface area contributed by atoms with Crippen molar-refractivity contribution in [2.75, 3.05) is 19.7 Å². The third-order valence-corrected chi connectivity index (χ3v) is 5.00. The van der Waals surface area contributed by atoms with Gasteiger partial charge in [0, 0.05) is 31.5 Å². The Labute approximate surface area is 126 Å². The standard InChI is InChI=1S/C16H26N2O3/c1-11(14-3-2-10-21-14)17-15(19)12-6-8-18(9-7-12)16(20)13-4-5-13/h11-14H,2-10H2,1H3,(H,17,19). The highest BCUT2D eigenvalue weighted by Crippen LogP contribution is 2.32. The summed E-state index contributed by atoms with van der Waals surface area (Å²) in [5.41, 5.74) is 0. The second kappa shape index (κ2) is 6.34. The minimum Gasteiger partial charge on any atom is -0.376 e. The number of amides is 2. The van der Waals surface area contributed by atoms with Gasteiger partial charge in [-0.3, -0.25) is 9.59 Å². The van der Waals surface area contributed by atoms with Gasteiger partial charge in [0.2, 0.25) is 11.8 Å². The molecule has 1 N–H and O–H groups in total. The van der Waals surface area contributed by atoms with Gasteiger partial charge in [-0.2, -0.15) is 0 Å². The van der Waals surface area contributed by atoms with E-state index in [2.05, 4.69) is 5.32 Å². The molecule has 0 bridgehead atoms. The van der Waals surface area contributed by atoms with Crippen molar-refractivity contribution < 1.29 is 14.3 Å². The molecule has 3 rings (SSSR count). The maximum atomic E-state index is 12.3. The second-order valence-electron chi connectivity index (χ2n) is 6.72. The first-order valence-corrected chi connectivity index (χ1v) is 8.36. The summed E-state index contributed by atoms with van der Waals surface area (Å²) in [6, 6.07) is 0.0890. The Balaban J connectivity index is 1.42. The molecule has 2 saturated heterocycles. The molecule has 2 atom stereocenters. The van der Waals surface area contributed by atoms with Crippen molar-refractivity contribution in [3.63, 3.8) is 0 Å². The third-order valence-electron chi connectivity index (χ3n) is 5.00.